The summed E-state index contributed by atoms with van der Waals surface area (Å²) in [6, 6.07) is 9.82. The highest BCUT2D eigenvalue weighted by Crippen LogP contribution is 2.25. The molecule has 0 saturated carbocycles. The molecule has 0 aliphatic heterocycles. The molecular weight excluding hydrogens is 304 g/mol. The quantitative estimate of drug-likeness (QED) is 0.873. The Kier molecular flexibility index (Phi) is 3.91. The number of anilines is 1. The van der Waals surface area contributed by atoms with E-state index in [1.807, 2.05) is 50.0 Å². The van der Waals surface area contributed by atoms with Gasteiger partial charge in [0.25, 0.3) is 0 Å². The molecule has 0 atom stereocenters. The largest absolute Gasteiger partial charge is 0.368 e. The van der Waals surface area contributed by atoms with Gasteiger partial charge in [-0.3, -0.25) is 4.68 Å². The van der Waals surface area contributed by atoms with E-state index in [0.717, 1.165) is 21.5 Å². The molecule has 0 bridgehead atoms. The predicted octanol–water partition coefficient (Wildman–Crippen LogP) is 3.00. The molecule has 98 valence electrons. The average Bonchev–Trinajstić information content (AvgIpc) is 2.65. The van der Waals surface area contributed by atoms with Crippen molar-refractivity contribution in [2.24, 2.45) is 7.05 Å². The van der Waals surface area contributed by atoms with E-state index >= 15 is 0 Å². The van der Waals surface area contributed by atoms with Crippen molar-refractivity contribution in [1.29, 1.82) is 5.26 Å². The highest BCUT2D eigenvalue weighted by Gasteiger charge is 2.14. The second-order valence-corrected chi connectivity index (χ2v) is 5.25. The van der Waals surface area contributed by atoms with E-state index < -0.39 is 0 Å². The summed E-state index contributed by atoms with van der Waals surface area (Å²) in [5.74, 6) is 0. The van der Waals surface area contributed by atoms with Crippen LogP contribution >= 0.6 is 15.9 Å². The zero-order valence-corrected chi connectivity index (χ0v) is 12.8. The molecule has 1 aromatic carbocycles. The van der Waals surface area contributed by atoms with Crippen molar-refractivity contribution in [2.75, 3.05) is 11.9 Å². The van der Waals surface area contributed by atoms with Gasteiger partial charge < -0.3 is 4.90 Å². The van der Waals surface area contributed by atoms with Crippen molar-refractivity contribution >= 4 is 21.6 Å². The summed E-state index contributed by atoms with van der Waals surface area (Å²) in [6.07, 6.45) is 0. The Hall–Kier alpha value is -1.80. The van der Waals surface area contributed by atoms with Gasteiger partial charge in [-0.1, -0.05) is 12.1 Å². The van der Waals surface area contributed by atoms with Crippen LogP contribution in [-0.4, -0.2) is 16.8 Å². The molecule has 0 aliphatic carbocycles. The van der Waals surface area contributed by atoms with Gasteiger partial charge >= 0.3 is 0 Å². The molecule has 0 aliphatic rings. The number of aryl methyl sites for hydroxylation is 2. The van der Waals surface area contributed by atoms with E-state index in [0.29, 0.717) is 12.1 Å². The normalized spacial score (nSPS) is 10.3. The fraction of sp³-hybridized carbons (Fsp3) is 0.286. The number of nitrogens with zero attached hydrogens (tertiary/aromatic N) is 4. The molecule has 0 radical (unpaired) electrons. The second kappa shape index (κ2) is 5.45. The lowest BCUT2D eigenvalue weighted by Gasteiger charge is -2.20. The summed E-state index contributed by atoms with van der Waals surface area (Å²) in [5.41, 5.74) is 3.67. The Morgan fingerprint density at radius 1 is 1.42 bits per heavy atom. The van der Waals surface area contributed by atoms with Gasteiger partial charge in [0, 0.05) is 14.1 Å². The number of halogens is 1. The van der Waals surface area contributed by atoms with Crippen molar-refractivity contribution in [1.82, 2.24) is 9.78 Å². The Morgan fingerprint density at radius 3 is 2.68 bits per heavy atom. The molecule has 0 N–H and O–H groups in total. The molecule has 0 spiro atoms. The predicted molar refractivity (Wildman–Crippen MR) is 78.9 cm³/mol. The van der Waals surface area contributed by atoms with Gasteiger partial charge in [-0.15, -0.1) is 0 Å². The van der Waals surface area contributed by atoms with E-state index in [2.05, 4.69) is 32.0 Å². The van der Waals surface area contributed by atoms with E-state index in [-0.39, 0.29) is 0 Å². The summed E-state index contributed by atoms with van der Waals surface area (Å²) < 4.78 is 2.89. The summed E-state index contributed by atoms with van der Waals surface area (Å²) in [5, 5.41) is 13.5. The Morgan fingerprint density at radius 2 is 2.11 bits per heavy atom. The number of benzene rings is 1. The van der Waals surface area contributed by atoms with Crippen LogP contribution in [0, 0.1) is 18.3 Å². The van der Waals surface area contributed by atoms with Crippen molar-refractivity contribution in [3.05, 3.63) is 45.7 Å². The van der Waals surface area contributed by atoms with Gasteiger partial charge in [-0.05, 0) is 35.0 Å². The van der Waals surface area contributed by atoms with E-state index in [9.17, 15) is 0 Å². The minimum atomic E-state index is 0.681. The monoisotopic (exact) mass is 318 g/mol. The van der Waals surface area contributed by atoms with Crippen molar-refractivity contribution in [3.8, 4) is 6.07 Å². The van der Waals surface area contributed by atoms with Crippen LogP contribution in [0.2, 0.25) is 0 Å². The number of aromatic nitrogens is 2. The third kappa shape index (κ3) is 2.64. The maximum Gasteiger partial charge on any atom is 0.101 e. The number of para-hydroxylation sites is 1. The number of nitriles is 1. The molecule has 0 unspecified atom stereocenters. The van der Waals surface area contributed by atoms with Crippen LogP contribution in [0.5, 0.6) is 0 Å². The van der Waals surface area contributed by atoms with E-state index in [4.69, 9.17) is 5.26 Å². The molecule has 1 aromatic heterocycles. The third-order valence-corrected chi connectivity index (χ3v) is 4.12. The Bertz CT molecular complexity index is 639. The number of rotatable bonds is 3. The summed E-state index contributed by atoms with van der Waals surface area (Å²) >= 11 is 3.56. The number of hydrogen-bond acceptors (Lipinski definition) is 3. The minimum Gasteiger partial charge on any atom is -0.368 e. The lowest BCUT2D eigenvalue weighted by Crippen LogP contribution is -2.19. The topological polar surface area (TPSA) is 44.9 Å². The standard InChI is InChI=1S/C14H15BrN4/c1-10-14(15)13(19(3)17-10)9-18(2)12-7-5-4-6-11(12)8-16/h4-7H,9H2,1-3H3. The number of hydrogen-bond donors (Lipinski definition) is 0. The van der Waals surface area contributed by atoms with Crippen molar-refractivity contribution in [2.45, 2.75) is 13.5 Å². The first-order valence-corrected chi connectivity index (χ1v) is 6.72. The molecule has 0 saturated heterocycles. The highest BCUT2D eigenvalue weighted by atomic mass is 79.9. The van der Waals surface area contributed by atoms with Gasteiger partial charge in [-0.25, -0.2) is 0 Å². The fourth-order valence-corrected chi connectivity index (χ4v) is 2.52. The van der Waals surface area contributed by atoms with Gasteiger partial charge in [-0.2, -0.15) is 10.4 Å². The van der Waals surface area contributed by atoms with Crippen LogP contribution in [0.3, 0.4) is 0 Å². The van der Waals surface area contributed by atoms with Crippen LogP contribution in [0.25, 0.3) is 0 Å². The maximum atomic E-state index is 9.14. The summed E-state index contributed by atoms with van der Waals surface area (Å²) in [6.45, 7) is 2.66. The van der Waals surface area contributed by atoms with Gasteiger partial charge in [0.2, 0.25) is 0 Å². The van der Waals surface area contributed by atoms with Gasteiger partial charge in [0.1, 0.15) is 6.07 Å². The molecule has 19 heavy (non-hydrogen) atoms. The molecule has 0 fully saturated rings. The highest BCUT2D eigenvalue weighted by molar-refractivity contribution is 9.10. The van der Waals surface area contributed by atoms with Crippen LogP contribution in [-0.2, 0) is 13.6 Å². The maximum absolute atomic E-state index is 9.14. The molecule has 1 heterocycles. The zero-order chi connectivity index (χ0) is 14.0. The van der Waals surface area contributed by atoms with Crippen LogP contribution < -0.4 is 4.90 Å². The SMILES string of the molecule is Cc1nn(C)c(CN(C)c2ccccc2C#N)c1Br. The second-order valence-electron chi connectivity index (χ2n) is 4.45. The minimum absolute atomic E-state index is 0.681. The molecule has 4 nitrogen and oxygen atoms in total. The zero-order valence-electron chi connectivity index (χ0n) is 11.2. The summed E-state index contributed by atoms with van der Waals surface area (Å²) in [4.78, 5) is 2.06. The van der Waals surface area contributed by atoms with Crippen LogP contribution in [0.1, 0.15) is 17.0 Å². The van der Waals surface area contributed by atoms with E-state index in [1.165, 1.54) is 0 Å². The third-order valence-electron chi connectivity index (χ3n) is 3.08. The first-order chi connectivity index (χ1) is 9.04. The smallest absolute Gasteiger partial charge is 0.101 e. The first kappa shape index (κ1) is 13.6. The first-order valence-electron chi connectivity index (χ1n) is 5.92. The molecule has 2 rings (SSSR count). The average molecular weight is 319 g/mol. The molecule has 5 heteroatoms. The Labute approximate surface area is 121 Å². The van der Waals surface area contributed by atoms with E-state index in [1.54, 1.807) is 0 Å². The molecule has 0 amide bonds. The lowest BCUT2D eigenvalue weighted by molar-refractivity contribution is 0.693. The Balaban J connectivity index is 2.31. The fourth-order valence-electron chi connectivity index (χ4n) is 2.06. The molecule has 2 aromatic rings. The van der Waals surface area contributed by atoms with Gasteiger partial charge in [0.15, 0.2) is 0 Å². The van der Waals surface area contributed by atoms with Crippen LogP contribution in [0.15, 0.2) is 28.7 Å². The van der Waals surface area contributed by atoms with Crippen molar-refractivity contribution in [3.63, 3.8) is 0 Å². The van der Waals surface area contributed by atoms with Crippen LogP contribution in [0.4, 0.5) is 5.69 Å². The summed E-state index contributed by atoms with van der Waals surface area (Å²) in [7, 11) is 3.90. The lowest BCUT2D eigenvalue weighted by atomic mass is 10.2. The van der Waals surface area contributed by atoms with Crippen molar-refractivity contribution < 1.29 is 0 Å². The van der Waals surface area contributed by atoms with Gasteiger partial charge in [0.05, 0.1) is 33.7 Å². The molecular formula is C14H15BrN4.